The summed E-state index contributed by atoms with van der Waals surface area (Å²) < 4.78 is 76.3. The fourth-order valence-corrected chi connectivity index (χ4v) is 1.42. The van der Waals surface area contributed by atoms with E-state index >= 15 is 0 Å². The van der Waals surface area contributed by atoms with E-state index in [1.807, 2.05) is 5.32 Å². The van der Waals surface area contributed by atoms with E-state index in [1.54, 1.807) is 0 Å². The highest BCUT2D eigenvalue weighted by molar-refractivity contribution is 5.24. The second-order valence-corrected chi connectivity index (χ2v) is 3.36. The van der Waals surface area contributed by atoms with Gasteiger partial charge in [0.1, 0.15) is 17.7 Å². The lowest BCUT2D eigenvalue weighted by Crippen LogP contribution is -2.41. The first kappa shape index (κ1) is 13.8. The molecule has 0 bridgehead atoms. The summed E-state index contributed by atoms with van der Waals surface area (Å²) in [6.45, 7) is 0. The van der Waals surface area contributed by atoms with Gasteiger partial charge in [0.25, 0.3) is 0 Å². The lowest BCUT2D eigenvalue weighted by Gasteiger charge is -2.26. The Kier molecular flexibility index (Phi) is 4.03. The summed E-state index contributed by atoms with van der Waals surface area (Å²) in [5.41, 5.74) is -0.709. The zero-order chi connectivity index (χ0) is 13.2. The predicted molar refractivity (Wildman–Crippen MR) is 49.1 cm³/mol. The fourth-order valence-electron chi connectivity index (χ4n) is 1.42. The highest BCUT2D eigenvalue weighted by Crippen LogP contribution is 2.37. The number of hydrogen-bond donors (Lipinski definition) is 1. The minimum Gasteiger partial charge on any atom is -0.308 e. The average molecular weight is 257 g/mol. The zero-order valence-electron chi connectivity index (χ0n) is 8.65. The largest absolute Gasteiger partial charge is 0.326 e. The van der Waals surface area contributed by atoms with Gasteiger partial charge in [-0.1, -0.05) is 6.07 Å². The average Bonchev–Trinajstić information content (AvgIpc) is 2.21. The molecule has 96 valence electrons. The van der Waals surface area contributed by atoms with Gasteiger partial charge in [0.05, 0.1) is 0 Å². The van der Waals surface area contributed by atoms with Crippen molar-refractivity contribution in [2.45, 2.75) is 18.4 Å². The van der Waals surface area contributed by atoms with Crippen LogP contribution in [0, 0.1) is 11.6 Å². The van der Waals surface area contributed by atoms with Gasteiger partial charge in [-0.25, -0.2) is 17.6 Å². The van der Waals surface area contributed by atoms with Gasteiger partial charge in [0.2, 0.25) is 0 Å². The van der Waals surface area contributed by atoms with E-state index in [4.69, 9.17) is 0 Å². The van der Waals surface area contributed by atoms with E-state index in [0.717, 1.165) is 13.1 Å². The molecular weight excluding hydrogens is 248 g/mol. The Morgan fingerprint density at radius 1 is 1.18 bits per heavy atom. The first-order valence-electron chi connectivity index (χ1n) is 4.59. The number of halogens is 6. The van der Waals surface area contributed by atoms with Crippen molar-refractivity contribution in [2.24, 2.45) is 0 Å². The third-order valence-corrected chi connectivity index (χ3v) is 2.24. The Bertz CT molecular complexity index is 392. The van der Waals surface area contributed by atoms with E-state index < -0.39 is 35.6 Å². The molecule has 0 heterocycles. The minimum atomic E-state index is -4.45. The third kappa shape index (κ3) is 2.71. The maximum atomic E-state index is 13.2. The highest BCUT2D eigenvalue weighted by Gasteiger charge is 2.49. The molecule has 1 N–H and O–H groups in total. The van der Waals surface area contributed by atoms with Gasteiger partial charge < -0.3 is 5.32 Å². The van der Waals surface area contributed by atoms with Crippen molar-refractivity contribution in [2.75, 3.05) is 7.05 Å². The number of alkyl halides is 4. The van der Waals surface area contributed by atoms with Gasteiger partial charge in [-0.05, 0) is 13.1 Å². The summed E-state index contributed by atoms with van der Waals surface area (Å²) in [5, 5.41) is 1.91. The van der Waals surface area contributed by atoms with Crippen molar-refractivity contribution in [3.8, 4) is 0 Å². The van der Waals surface area contributed by atoms with Gasteiger partial charge in [-0.3, -0.25) is 0 Å². The van der Waals surface area contributed by atoms with Crippen LogP contribution in [0.1, 0.15) is 11.6 Å². The lowest BCUT2D eigenvalue weighted by molar-refractivity contribution is -0.151. The number of rotatable bonds is 4. The Labute approximate surface area is 93.4 Å². The topological polar surface area (TPSA) is 12.0 Å². The Morgan fingerprint density at radius 3 is 2.18 bits per heavy atom. The Morgan fingerprint density at radius 2 is 1.76 bits per heavy atom. The second-order valence-electron chi connectivity index (χ2n) is 3.36. The molecule has 0 aliphatic carbocycles. The molecule has 1 unspecified atom stereocenters. The molecule has 0 aliphatic heterocycles. The Hall–Kier alpha value is -1.24. The molecule has 1 aromatic carbocycles. The summed E-state index contributed by atoms with van der Waals surface area (Å²) in [6.07, 6.45) is -3.95. The van der Waals surface area contributed by atoms with E-state index in [1.165, 1.54) is 0 Å². The van der Waals surface area contributed by atoms with Crippen LogP contribution in [0.25, 0.3) is 0 Å². The molecule has 0 aromatic heterocycles. The fraction of sp³-hybridized carbons (Fsp3) is 0.400. The molecule has 0 spiro atoms. The minimum absolute atomic E-state index is 0.362. The van der Waals surface area contributed by atoms with E-state index in [9.17, 15) is 26.3 Å². The summed E-state index contributed by atoms with van der Waals surface area (Å²) >= 11 is 0. The number of nitrogens with one attached hydrogen (secondary N) is 1. The third-order valence-electron chi connectivity index (χ3n) is 2.24. The van der Waals surface area contributed by atoms with Crippen molar-refractivity contribution in [3.05, 3.63) is 35.4 Å². The molecule has 7 heteroatoms. The van der Waals surface area contributed by atoms with E-state index in [2.05, 4.69) is 0 Å². The van der Waals surface area contributed by atoms with Crippen LogP contribution in [-0.2, 0) is 0 Å². The highest BCUT2D eigenvalue weighted by atomic mass is 19.3. The SMILES string of the molecule is CNC(c1ccc(F)cc1F)C(F)(F)C(F)F. The van der Waals surface area contributed by atoms with Crippen LogP contribution in [0.3, 0.4) is 0 Å². The van der Waals surface area contributed by atoms with Gasteiger partial charge in [0.15, 0.2) is 0 Å². The molecule has 0 fully saturated rings. The van der Waals surface area contributed by atoms with Crippen molar-refractivity contribution in [1.29, 1.82) is 0 Å². The molecule has 0 saturated carbocycles. The van der Waals surface area contributed by atoms with Gasteiger partial charge in [-0.2, -0.15) is 8.78 Å². The molecule has 0 radical (unpaired) electrons. The van der Waals surface area contributed by atoms with Crippen molar-refractivity contribution in [1.82, 2.24) is 5.32 Å². The van der Waals surface area contributed by atoms with Crippen LogP contribution in [0.15, 0.2) is 18.2 Å². The van der Waals surface area contributed by atoms with Crippen LogP contribution in [-0.4, -0.2) is 19.4 Å². The van der Waals surface area contributed by atoms with Crippen molar-refractivity contribution >= 4 is 0 Å². The van der Waals surface area contributed by atoms with Crippen LogP contribution in [0.5, 0.6) is 0 Å². The molecule has 0 amide bonds. The van der Waals surface area contributed by atoms with Crippen LogP contribution in [0.2, 0.25) is 0 Å². The normalized spacial score (nSPS) is 14.1. The summed E-state index contributed by atoms with van der Waals surface area (Å²) in [7, 11) is 0.990. The van der Waals surface area contributed by atoms with Crippen molar-refractivity contribution < 1.29 is 26.3 Å². The quantitative estimate of drug-likeness (QED) is 0.817. The molecule has 1 atom stereocenters. The summed E-state index contributed by atoms with van der Waals surface area (Å²) in [4.78, 5) is 0. The smallest absolute Gasteiger partial charge is 0.308 e. The molecule has 1 nitrogen and oxygen atoms in total. The van der Waals surface area contributed by atoms with E-state index in [0.29, 0.717) is 12.1 Å². The van der Waals surface area contributed by atoms with Gasteiger partial charge in [-0.15, -0.1) is 0 Å². The molecule has 17 heavy (non-hydrogen) atoms. The predicted octanol–water partition coefficient (Wildman–Crippen LogP) is 3.13. The van der Waals surface area contributed by atoms with Crippen LogP contribution < -0.4 is 5.32 Å². The summed E-state index contributed by atoms with van der Waals surface area (Å²) in [6, 6.07) is -0.420. The molecule has 0 aliphatic rings. The second kappa shape index (κ2) is 4.95. The number of hydrogen-bond acceptors (Lipinski definition) is 1. The first-order valence-corrected chi connectivity index (χ1v) is 4.59. The molecule has 1 rings (SSSR count). The zero-order valence-corrected chi connectivity index (χ0v) is 8.65. The van der Waals surface area contributed by atoms with E-state index in [-0.39, 0.29) is 0 Å². The molecule has 1 aromatic rings. The Balaban J connectivity index is 3.18. The molecular formula is C10H9F6N. The summed E-state index contributed by atoms with van der Waals surface area (Å²) in [5.74, 6) is -6.72. The maximum absolute atomic E-state index is 13.2. The first-order chi connectivity index (χ1) is 7.80. The van der Waals surface area contributed by atoms with Crippen molar-refractivity contribution in [3.63, 3.8) is 0 Å². The maximum Gasteiger partial charge on any atom is 0.326 e. The monoisotopic (exact) mass is 257 g/mol. The van der Waals surface area contributed by atoms with Gasteiger partial charge >= 0.3 is 12.3 Å². The standard InChI is InChI=1S/C10H9F6N/c1-17-8(10(15,16)9(13)14)6-3-2-5(11)4-7(6)12/h2-4,8-9,17H,1H3. The van der Waals surface area contributed by atoms with Gasteiger partial charge in [0, 0.05) is 11.6 Å². The number of benzene rings is 1. The van der Waals surface area contributed by atoms with Crippen LogP contribution >= 0.6 is 0 Å². The lowest BCUT2D eigenvalue weighted by atomic mass is 10.00. The molecule has 0 saturated heterocycles. The van der Waals surface area contributed by atoms with Crippen LogP contribution in [0.4, 0.5) is 26.3 Å².